The van der Waals surface area contributed by atoms with E-state index >= 15 is 0 Å². The Bertz CT molecular complexity index is 768. The van der Waals surface area contributed by atoms with Gasteiger partial charge in [0.05, 0.1) is 11.3 Å². The fourth-order valence-electron chi connectivity index (χ4n) is 1.64. The van der Waals surface area contributed by atoms with Crippen LogP contribution in [0.1, 0.15) is 10.4 Å². The summed E-state index contributed by atoms with van der Waals surface area (Å²) >= 11 is 3.00. The fourth-order valence-corrected chi connectivity index (χ4v) is 2.15. The summed E-state index contributed by atoms with van der Waals surface area (Å²) in [6.45, 7) is -0.681. The van der Waals surface area contributed by atoms with Gasteiger partial charge < -0.3 is 10.1 Å². The molecule has 2 aromatic carbocycles. The van der Waals surface area contributed by atoms with Gasteiger partial charge >= 0.3 is 5.97 Å². The molecule has 0 atom stereocenters. The van der Waals surface area contributed by atoms with Gasteiger partial charge in [-0.2, -0.15) is 0 Å². The topological polar surface area (TPSA) is 55.4 Å². The Morgan fingerprint density at radius 1 is 1.04 bits per heavy atom. The van der Waals surface area contributed by atoms with Crippen molar-refractivity contribution in [3.63, 3.8) is 0 Å². The molecule has 0 unspecified atom stereocenters. The Kier molecular flexibility index (Phi) is 5.38. The van der Waals surface area contributed by atoms with Crippen LogP contribution in [0.2, 0.25) is 0 Å². The molecule has 2 aromatic rings. The summed E-state index contributed by atoms with van der Waals surface area (Å²) in [5.74, 6) is -3.94. The molecule has 0 spiro atoms. The summed E-state index contributed by atoms with van der Waals surface area (Å²) in [6.07, 6.45) is 0. The van der Waals surface area contributed by atoms with E-state index in [0.29, 0.717) is 6.07 Å². The van der Waals surface area contributed by atoms with Crippen molar-refractivity contribution in [1.82, 2.24) is 0 Å². The summed E-state index contributed by atoms with van der Waals surface area (Å²) in [6, 6.07) is 5.96. The van der Waals surface area contributed by atoms with Crippen LogP contribution >= 0.6 is 15.9 Å². The monoisotopic (exact) mass is 387 g/mol. The van der Waals surface area contributed by atoms with Crippen LogP contribution < -0.4 is 5.32 Å². The molecule has 0 aromatic heterocycles. The van der Waals surface area contributed by atoms with Gasteiger partial charge in [0.15, 0.2) is 6.61 Å². The molecule has 23 heavy (non-hydrogen) atoms. The van der Waals surface area contributed by atoms with Crippen LogP contribution in [-0.4, -0.2) is 18.5 Å². The summed E-state index contributed by atoms with van der Waals surface area (Å²) in [7, 11) is 0. The van der Waals surface area contributed by atoms with Crippen molar-refractivity contribution in [1.29, 1.82) is 0 Å². The largest absolute Gasteiger partial charge is 0.452 e. The van der Waals surface area contributed by atoms with E-state index < -0.39 is 35.9 Å². The Hall–Kier alpha value is -2.35. The highest BCUT2D eigenvalue weighted by Crippen LogP contribution is 2.19. The van der Waals surface area contributed by atoms with Crippen LogP contribution in [-0.2, 0) is 9.53 Å². The summed E-state index contributed by atoms with van der Waals surface area (Å²) < 4.78 is 43.9. The van der Waals surface area contributed by atoms with Gasteiger partial charge in [-0.15, -0.1) is 0 Å². The molecule has 0 saturated heterocycles. The van der Waals surface area contributed by atoms with Gasteiger partial charge in [-0.1, -0.05) is 0 Å². The van der Waals surface area contributed by atoms with Gasteiger partial charge in [0.2, 0.25) is 0 Å². The zero-order valence-electron chi connectivity index (χ0n) is 11.4. The standard InChI is InChI=1S/C15H9BrF3NO3/c16-11-5-8(17)1-3-10(11)15(22)23-7-14(21)20-13-4-2-9(18)6-12(13)19/h1-6H,7H2,(H,20,21). The van der Waals surface area contributed by atoms with Gasteiger partial charge in [-0.25, -0.2) is 18.0 Å². The number of anilines is 1. The molecule has 0 fully saturated rings. The minimum Gasteiger partial charge on any atom is -0.452 e. The number of hydrogen-bond donors (Lipinski definition) is 1. The van der Waals surface area contributed by atoms with E-state index in [9.17, 15) is 22.8 Å². The Balaban J connectivity index is 1.94. The Morgan fingerprint density at radius 3 is 2.35 bits per heavy atom. The number of esters is 1. The van der Waals surface area contributed by atoms with E-state index in [4.69, 9.17) is 4.74 Å². The zero-order valence-corrected chi connectivity index (χ0v) is 13.0. The van der Waals surface area contributed by atoms with Crippen molar-refractivity contribution in [3.05, 3.63) is 63.9 Å². The van der Waals surface area contributed by atoms with Gasteiger partial charge in [-0.3, -0.25) is 4.79 Å². The molecule has 0 radical (unpaired) electrons. The maximum absolute atomic E-state index is 13.4. The smallest absolute Gasteiger partial charge is 0.339 e. The number of hydrogen-bond acceptors (Lipinski definition) is 3. The number of benzene rings is 2. The lowest BCUT2D eigenvalue weighted by Gasteiger charge is -2.08. The molecule has 0 bridgehead atoms. The molecule has 1 N–H and O–H groups in total. The fraction of sp³-hybridized carbons (Fsp3) is 0.0667. The second-order valence-electron chi connectivity index (χ2n) is 4.37. The van der Waals surface area contributed by atoms with E-state index in [1.807, 2.05) is 0 Å². The number of carbonyl (C=O) groups is 2. The number of rotatable bonds is 4. The number of halogens is 4. The third-order valence-corrected chi connectivity index (χ3v) is 3.35. The Morgan fingerprint density at radius 2 is 1.70 bits per heavy atom. The third kappa shape index (κ3) is 4.56. The van der Waals surface area contributed by atoms with E-state index in [2.05, 4.69) is 21.2 Å². The highest BCUT2D eigenvalue weighted by atomic mass is 79.9. The third-order valence-electron chi connectivity index (χ3n) is 2.69. The predicted octanol–water partition coefficient (Wildman–Crippen LogP) is 3.66. The molecule has 0 aliphatic carbocycles. The minimum absolute atomic E-state index is 0.0344. The molecule has 2 rings (SSSR count). The van der Waals surface area contributed by atoms with Crippen molar-refractivity contribution < 1.29 is 27.5 Å². The number of ether oxygens (including phenoxy) is 1. The maximum atomic E-state index is 13.4. The van der Waals surface area contributed by atoms with E-state index in [1.54, 1.807) is 0 Å². The quantitative estimate of drug-likeness (QED) is 0.814. The van der Waals surface area contributed by atoms with Gasteiger partial charge in [0.1, 0.15) is 17.5 Å². The van der Waals surface area contributed by atoms with E-state index in [0.717, 1.165) is 24.3 Å². The van der Waals surface area contributed by atoms with Crippen LogP contribution in [0.4, 0.5) is 18.9 Å². The molecule has 120 valence electrons. The highest BCUT2D eigenvalue weighted by Gasteiger charge is 2.15. The average Bonchev–Trinajstić information content (AvgIpc) is 2.48. The lowest BCUT2D eigenvalue weighted by molar-refractivity contribution is -0.119. The van der Waals surface area contributed by atoms with Gasteiger partial charge in [0.25, 0.3) is 5.91 Å². The van der Waals surface area contributed by atoms with Crippen molar-refractivity contribution in [2.24, 2.45) is 0 Å². The van der Waals surface area contributed by atoms with Crippen LogP contribution in [0, 0.1) is 17.5 Å². The van der Waals surface area contributed by atoms with Crippen molar-refractivity contribution in [3.8, 4) is 0 Å². The predicted molar refractivity (Wildman–Crippen MR) is 79.4 cm³/mol. The lowest BCUT2D eigenvalue weighted by atomic mass is 10.2. The first-order valence-electron chi connectivity index (χ1n) is 6.24. The summed E-state index contributed by atoms with van der Waals surface area (Å²) in [4.78, 5) is 23.4. The van der Waals surface area contributed by atoms with Crippen molar-refractivity contribution in [2.45, 2.75) is 0 Å². The molecule has 4 nitrogen and oxygen atoms in total. The molecule has 8 heteroatoms. The van der Waals surface area contributed by atoms with Crippen molar-refractivity contribution in [2.75, 3.05) is 11.9 Å². The van der Waals surface area contributed by atoms with Crippen LogP contribution in [0.5, 0.6) is 0 Å². The minimum atomic E-state index is -0.953. The van der Waals surface area contributed by atoms with Crippen LogP contribution in [0.25, 0.3) is 0 Å². The number of amides is 1. The molecule has 0 heterocycles. The summed E-state index contributed by atoms with van der Waals surface area (Å²) in [5, 5.41) is 2.14. The SMILES string of the molecule is O=C(COC(=O)c1ccc(F)cc1Br)Nc1ccc(F)cc1F. The number of carbonyl (C=O) groups excluding carboxylic acids is 2. The maximum Gasteiger partial charge on any atom is 0.339 e. The summed E-state index contributed by atoms with van der Waals surface area (Å²) in [5.41, 5.74) is -0.206. The normalized spacial score (nSPS) is 10.3. The average molecular weight is 388 g/mol. The highest BCUT2D eigenvalue weighted by molar-refractivity contribution is 9.10. The Labute approximate surface area is 137 Å². The molecular weight excluding hydrogens is 379 g/mol. The lowest BCUT2D eigenvalue weighted by Crippen LogP contribution is -2.21. The molecule has 1 amide bonds. The van der Waals surface area contributed by atoms with Crippen LogP contribution in [0.3, 0.4) is 0 Å². The van der Waals surface area contributed by atoms with Crippen LogP contribution in [0.15, 0.2) is 40.9 Å². The zero-order chi connectivity index (χ0) is 17.0. The second kappa shape index (κ2) is 7.28. The molecule has 0 aliphatic rings. The van der Waals surface area contributed by atoms with E-state index in [-0.39, 0.29) is 15.7 Å². The van der Waals surface area contributed by atoms with Crippen molar-refractivity contribution >= 4 is 33.5 Å². The van der Waals surface area contributed by atoms with E-state index in [1.165, 1.54) is 6.07 Å². The van der Waals surface area contributed by atoms with Gasteiger partial charge in [-0.05, 0) is 46.3 Å². The first-order chi connectivity index (χ1) is 10.9. The molecular formula is C15H9BrF3NO3. The molecule has 0 saturated carbocycles. The second-order valence-corrected chi connectivity index (χ2v) is 5.23. The first kappa shape index (κ1) is 17.0. The first-order valence-corrected chi connectivity index (χ1v) is 7.03. The van der Waals surface area contributed by atoms with Gasteiger partial charge in [0, 0.05) is 10.5 Å². The number of nitrogens with one attached hydrogen (secondary N) is 1. The molecule has 0 aliphatic heterocycles.